The molecule has 8 nitrogen and oxygen atoms in total. The summed E-state index contributed by atoms with van der Waals surface area (Å²) in [6, 6.07) is 2.85. The first-order chi connectivity index (χ1) is 16.8. The van der Waals surface area contributed by atoms with Crippen LogP contribution in [0.3, 0.4) is 0 Å². The molecule has 6 rings (SSSR count). The predicted octanol–water partition coefficient (Wildman–Crippen LogP) is 4.45. The van der Waals surface area contributed by atoms with Gasteiger partial charge < -0.3 is 9.64 Å². The molecule has 1 aliphatic heterocycles. The SMILES string of the molecule is C[C@@H]1CN(c2nc(-c3ccc(C(F)(F)F)cc3F)n3ccnc3n2)C[C@H](c2cnn(C3CC3)c2)O1. The number of halogens is 4. The lowest BCUT2D eigenvalue weighted by atomic mass is 10.1. The molecule has 182 valence electrons. The Labute approximate surface area is 197 Å². The second-order valence-electron chi connectivity index (χ2n) is 8.96. The summed E-state index contributed by atoms with van der Waals surface area (Å²) in [5.74, 6) is -0.347. The van der Waals surface area contributed by atoms with Crippen molar-refractivity contribution in [2.75, 3.05) is 18.0 Å². The summed E-state index contributed by atoms with van der Waals surface area (Å²) in [4.78, 5) is 15.2. The van der Waals surface area contributed by atoms with E-state index in [-0.39, 0.29) is 29.4 Å². The number of hydrogen-bond acceptors (Lipinski definition) is 6. The quantitative estimate of drug-likeness (QED) is 0.396. The van der Waals surface area contributed by atoms with Crippen molar-refractivity contribution in [1.29, 1.82) is 0 Å². The van der Waals surface area contributed by atoms with Crippen LogP contribution in [0.5, 0.6) is 0 Å². The van der Waals surface area contributed by atoms with Gasteiger partial charge >= 0.3 is 6.18 Å². The molecule has 2 aliphatic rings. The first-order valence-corrected chi connectivity index (χ1v) is 11.3. The molecule has 0 spiro atoms. The zero-order valence-corrected chi connectivity index (χ0v) is 18.7. The van der Waals surface area contributed by atoms with Crippen molar-refractivity contribution in [3.8, 4) is 11.4 Å². The normalized spacial score (nSPS) is 21.1. The maximum absolute atomic E-state index is 14.9. The van der Waals surface area contributed by atoms with Gasteiger partial charge in [-0.25, -0.2) is 9.37 Å². The highest BCUT2D eigenvalue weighted by Crippen LogP contribution is 2.36. The number of rotatable bonds is 4. The highest BCUT2D eigenvalue weighted by molar-refractivity contribution is 5.62. The first kappa shape index (κ1) is 22.0. The van der Waals surface area contributed by atoms with Crippen LogP contribution in [0, 0.1) is 5.82 Å². The van der Waals surface area contributed by atoms with Gasteiger partial charge in [-0.15, -0.1) is 0 Å². The molecular weight excluding hydrogens is 466 g/mol. The third kappa shape index (κ3) is 4.11. The fourth-order valence-electron chi connectivity index (χ4n) is 4.37. The molecule has 0 amide bonds. The van der Waals surface area contributed by atoms with Gasteiger partial charge in [-0.1, -0.05) is 0 Å². The molecule has 4 heterocycles. The smallest absolute Gasteiger partial charge is 0.367 e. The fraction of sp³-hybridized carbons (Fsp3) is 0.391. The fourth-order valence-corrected chi connectivity index (χ4v) is 4.37. The first-order valence-electron chi connectivity index (χ1n) is 11.3. The molecule has 1 aliphatic carbocycles. The lowest BCUT2D eigenvalue weighted by Gasteiger charge is -2.36. The minimum atomic E-state index is -4.65. The third-order valence-electron chi connectivity index (χ3n) is 6.25. The van der Waals surface area contributed by atoms with Gasteiger partial charge in [0.25, 0.3) is 0 Å². The van der Waals surface area contributed by atoms with Gasteiger partial charge in [0.05, 0.1) is 36.0 Å². The number of nitrogens with zero attached hydrogens (tertiary/aromatic N) is 7. The van der Waals surface area contributed by atoms with Crippen LogP contribution in [-0.4, -0.2) is 48.3 Å². The average Bonchev–Trinajstić information content (AvgIpc) is 3.35. The molecule has 0 N–H and O–H groups in total. The topological polar surface area (TPSA) is 73.4 Å². The van der Waals surface area contributed by atoms with E-state index in [1.165, 1.54) is 10.6 Å². The summed E-state index contributed by atoms with van der Waals surface area (Å²) in [7, 11) is 0. The number of morpholine rings is 1. The Kier molecular flexibility index (Phi) is 5.02. The van der Waals surface area contributed by atoms with Crippen molar-refractivity contribution in [2.24, 2.45) is 0 Å². The van der Waals surface area contributed by atoms with Gasteiger partial charge in [0.15, 0.2) is 5.82 Å². The summed E-state index contributed by atoms with van der Waals surface area (Å²) >= 11 is 0. The molecule has 4 aromatic rings. The summed E-state index contributed by atoms with van der Waals surface area (Å²) < 4.78 is 63.5. The number of alkyl halides is 3. The molecule has 0 unspecified atom stereocenters. The number of fused-ring (bicyclic) bond motifs is 1. The second-order valence-corrected chi connectivity index (χ2v) is 8.96. The van der Waals surface area contributed by atoms with Crippen LogP contribution >= 0.6 is 0 Å². The average molecular weight is 487 g/mol. The Morgan fingerprint density at radius 1 is 1.11 bits per heavy atom. The van der Waals surface area contributed by atoms with E-state index in [9.17, 15) is 17.6 Å². The summed E-state index contributed by atoms with van der Waals surface area (Å²) in [6.07, 6.45) is 4.01. The monoisotopic (exact) mass is 487 g/mol. The van der Waals surface area contributed by atoms with Crippen LogP contribution in [0.25, 0.3) is 17.2 Å². The van der Waals surface area contributed by atoms with E-state index in [4.69, 9.17) is 4.74 Å². The molecule has 3 aromatic heterocycles. The van der Waals surface area contributed by atoms with Crippen molar-refractivity contribution in [1.82, 2.24) is 29.1 Å². The largest absolute Gasteiger partial charge is 0.416 e. The maximum Gasteiger partial charge on any atom is 0.416 e. The van der Waals surface area contributed by atoms with Gasteiger partial charge in [-0.3, -0.25) is 9.08 Å². The van der Waals surface area contributed by atoms with Crippen molar-refractivity contribution >= 4 is 11.7 Å². The Bertz CT molecular complexity index is 1390. The highest BCUT2D eigenvalue weighted by atomic mass is 19.4. The van der Waals surface area contributed by atoms with Crippen LogP contribution in [0.2, 0.25) is 0 Å². The van der Waals surface area contributed by atoms with Crippen LogP contribution < -0.4 is 4.90 Å². The Balaban J connectivity index is 1.36. The molecule has 0 bridgehead atoms. The van der Waals surface area contributed by atoms with Crippen LogP contribution in [0.1, 0.15) is 43.0 Å². The number of aromatic nitrogens is 6. The molecule has 1 saturated carbocycles. The Hall–Kier alpha value is -3.54. The zero-order valence-electron chi connectivity index (χ0n) is 18.7. The summed E-state index contributed by atoms with van der Waals surface area (Å²) in [6.45, 7) is 2.86. The van der Waals surface area contributed by atoms with Gasteiger partial charge in [0, 0.05) is 30.7 Å². The lowest BCUT2D eigenvalue weighted by Crippen LogP contribution is -2.43. The van der Waals surface area contributed by atoms with Gasteiger partial charge in [-0.2, -0.15) is 28.2 Å². The summed E-state index contributed by atoms with van der Waals surface area (Å²) in [5.41, 5.74) is -0.191. The van der Waals surface area contributed by atoms with Gasteiger partial charge in [0.1, 0.15) is 11.9 Å². The van der Waals surface area contributed by atoms with E-state index in [1.54, 1.807) is 12.4 Å². The minimum absolute atomic E-state index is 0.0757. The number of ether oxygens (including phenoxy) is 1. The van der Waals surface area contributed by atoms with Crippen LogP contribution in [0.15, 0.2) is 43.0 Å². The third-order valence-corrected chi connectivity index (χ3v) is 6.25. The van der Waals surface area contributed by atoms with E-state index in [0.717, 1.165) is 30.5 Å². The van der Waals surface area contributed by atoms with E-state index < -0.39 is 17.6 Å². The molecule has 0 radical (unpaired) electrons. The van der Waals surface area contributed by atoms with Gasteiger partial charge in [-0.05, 0) is 38.0 Å². The maximum atomic E-state index is 14.9. The Morgan fingerprint density at radius 2 is 1.94 bits per heavy atom. The standard InChI is InChI=1S/C23H21F4N7O/c1-13-10-32(12-19(35-13)14-9-29-34(11-14)16-3-4-16)22-30-20(33-7-6-28-21(33)31-22)17-5-2-15(8-18(17)24)23(25,26)27/h2,5-9,11,13,16,19H,3-4,10,12H2,1H3/t13-,19-/m1/s1. The van der Waals surface area contributed by atoms with Crippen molar-refractivity contribution in [3.63, 3.8) is 0 Å². The molecule has 35 heavy (non-hydrogen) atoms. The minimum Gasteiger partial charge on any atom is -0.367 e. The van der Waals surface area contributed by atoms with E-state index >= 15 is 0 Å². The van der Waals surface area contributed by atoms with Crippen molar-refractivity contribution in [3.05, 3.63) is 59.9 Å². The van der Waals surface area contributed by atoms with Crippen LogP contribution in [0.4, 0.5) is 23.5 Å². The molecule has 2 atom stereocenters. The van der Waals surface area contributed by atoms with E-state index in [2.05, 4.69) is 20.1 Å². The molecular formula is C23H21F4N7O. The van der Waals surface area contributed by atoms with E-state index in [0.29, 0.717) is 31.1 Å². The van der Waals surface area contributed by atoms with Crippen LogP contribution in [-0.2, 0) is 10.9 Å². The second kappa shape index (κ2) is 8.01. The summed E-state index contributed by atoms with van der Waals surface area (Å²) in [5, 5.41) is 4.45. The zero-order chi connectivity index (χ0) is 24.3. The number of hydrogen-bond donors (Lipinski definition) is 0. The molecule has 12 heteroatoms. The number of imidazole rings is 1. The van der Waals surface area contributed by atoms with E-state index in [1.807, 2.05) is 22.7 Å². The Morgan fingerprint density at radius 3 is 2.69 bits per heavy atom. The number of benzene rings is 1. The molecule has 2 fully saturated rings. The number of anilines is 1. The molecule has 1 aromatic carbocycles. The molecule has 1 saturated heterocycles. The predicted molar refractivity (Wildman–Crippen MR) is 117 cm³/mol. The van der Waals surface area contributed by atoms with Gasteiger partial charge in [0.2, 0.25) is 11.7 Å². The van der Waals surface area contributed by atoms with Crippen molar-refractivity contribution in [2.45, 2.75) is 44.2 Å². The highest BCUT2D eigenvalue weighted by Gasteiger charge is 2.33. The lowest BCUT2D eigenvalue weighted by molar-refractivity contribution is -0.137. The van der Waals surface area contributed by atoms with Crippen molar-refractivity contribution < 1.29 is 22.3 Å².